The summed E-state index contributed by atoms with van der Waals surface area (Å²) < 4.78 is 0. The molecule has 3 aromatic rings. The first-order valence-corrected chi connectivity index (χ1v) is 10.6. The van der Waals surface area contributed by atoms with Crippen LogP contribution in [0.4, 0.5) is 5.95 Å². The maximum atomic E-state index is 4.89. The number of hydrogen-bond acceptors (Lipinski definition) is 7. The minimum Gasteiger partial charge on any atom is -0.351 e. The first-order valence-electron chi connectivity index (χ1n) is 10.6. The molecule has 2 aliphatic rings. The van der Waals surface area contributed by atoms with Gasteiger partial charge in [0.2, 0.25) is 5.95 Å². The van der Waals surface area contributed by atoms with Crippen molar-refractivity contribution in [2.24, 2.45) is 0 Å². The molecule has 7 heteroatoms. The second kappa shape index (κ2) is 8.08. The highest BCUT2D eigenvalue weighted by Gasteiger charge is 2.21. The summed E-state index contributed by atoms with van der Waals surface area (Å²) in [6.07, 6.45) is 9.91. The molecule has 2 N–H and O–H groups in total. The van der Waals surface area contributed by atoms with Gasteiger partial charge in [0.15, 0.2) is 0 Å². The second-order valence-corrected chi connectivity index (χ2v) is 8.29. The molecule has 1 aromatic carbocycles. The van der Waals surface area contributed by atoms with Gasteiger partial charge in [0.1, 0.15) is 0 Å². The summed E-state index contributed by atoms with van der Waals surface area (Å²) in [5.74, 6) is 0.725. The van der Waals surface area contributed by atoms with Gasteiger partial charge < -0.3 is 15.5 Å². The zero-order valence-corrected chi connectivity index (χ0v) is 17.5. The number of nitrogens with zero attached hydrogens (tertiary/aromatic N) is 5. The van der Waals surface area contributed by atoms with E-state index in [4.69, 9.17) is 4.98 Å². The Kier molecular flexibility index (Phi) is 5.14. The maximum Gasteiger partial charge on any atom is 0.223 e. The number of nitrogens with one attached hydrogen (secondary N) is 2. The topological polar surface area (TPSA) is 78.9 Å². The van der Waals surface area contributed by atoms with Crippen LogP contribution in [0.5, 0.6) is 0 Å². The van der Waals surface area contributed by atoms with Crippen LogP contribution >= 0.6 is 0 Å². The zero-order valence-electron chi connectivity index (χ0n) is 17.5. The molecule has 0 spiro atoms. The van der Waals surface area contributed by atoms with Crippen molar-refractivity contribution in [1.82, 2.24) is 30.2 Å². The Morgan fingerprint density at radius 3 is 2.70 bits per heavy atom. The number of fused-ring (bicyclic) bond motifs is 2. The zero-order chi connectivity index (χ0) is 20.5. The third-order valence-electron chi connectivity index (χ3n) is 6.00. The van der Waals surface area contributed by atoms with E-state index in [9.17, 15) is 0 Å². The summed E-state index contributed by atoms with van der Waals surface area (Å²) in [6, 6.07) is 6.90. The summed E-state index contributed by atoms with van der Waals surface area (Å²) in [5, 5.41) is 7.09. The Bertz CT molecular complexity index is 1090. The number of anilines is 1. The van der Waals surface area contributed by atoms with E-state index < -0.39 is 0 Å². The van der Waals surface area contributed by atoms with Crippen LogP contribution in [-0.4, -0.2) is 57.1 Å². The molecule has 30 heavy (non-hydrogen) atoms. The number of rotatable bonds is 3. The lowest BCUT2D eigenvalue weighted by Gasteiger charge is -2.29. The van der Waals surface area contributed by atoms with Crippen molar-refractivity contribution in [2.45, 2.75) is 38.4 Å². The van der Waals surface area contributed by atoms with E-state index >= 15 is 0 Å². The fraction of sp³-hybridized carbons (Fsp3) is 0.391. The van der Waals surface area contributed by atoms with Crippen LogP contribution in [0.15, 0.2) is 42.9 Å². The number of likely N-dealkylation sites (tertiary alicyclic amines) is 1. The van der Waals surface area contributed by atoms with Crippen molar-refractivity contribution in [2.75, 3.05) is 25.5 Å². The molecule has 2 aliphatic heterocycles. The monoisotopic (exact) mass is 401 g/mol. The van der Waals surface area contributed by atoms with E-state index in [0.717, 1.165) is 65.3 Å². The summed E-state index contributed by atoms with van der Waals surface area (Å²) in [5.41, 5.74) is 6.14. The smallest absolute Gasteiger partial charge is 0.223 e. The second-order valence-electron chi connectivity index (χ2n) is 8.29. The number of piperidine rings is 1. The molecule has 0 unspecified atom stereocenters. The average Bonchev–Trinajstić information content (AvgIpc) is 2.94. The van der Waals surface area contributed by atoms with Crippen LogP contribution in [0.1, 0.15) is 36.6 Å². The third-order valence-corrected chi connectivity index (χ3v) is 6.00. The molecule has 1 saturated heterocycles. The molecule has 0 radical (unpaired) electrons. The Hall–Kier alpha value is -2.90. The predicted molar refractivity (Wildman–Crippen MR) is 119 cm³/mol. The van der Waals surface area contributed by atoms with Gasteiger partial charge in [-0.3, -0.25) is 9.97 Å². The quantitative estimate of drug-likeness (QED) is 0.699. The SMILES string of the molecule is C[C@@H]1C=C(c2ccc3nccnc3c2)c2cnc(NC3CCN(C)CC3)nc2CN1. The normalized spacial score (nSPS) is 20.5. The fourth-order valence-corrected chi connectivity index (χ4v) is 4.22. The minimum atomic E-state index is 0.233. The molecule has 1 fully saturated rings. The minimum absolute atomic E-state index is 0.233. The van der Waals surface area contributed by atoms with E-state index in [0.29, 0.717) is 12.6 Å². The van der Waals surface area contributed by atoms with E-state index in [1.165, 1.54) is 0 Å². The van der Waals surface area contributed by atoms with Crippen LogP contribution in [0.3, 0.4) is 0 Å². The molecule has 154 valence electrons. The van der Waals surface area contributed by atoms with Crippen LogP contribution in [-0.2, 0) is 6.54 Å². The summed E-state index contributed by atoms with van der Waals surface area (Å²) >= 11 is 0. The van der Waals surface area contributed by atoms with Gasteiger partial charge in [0.05, 0.1) is 16.7 Å². The summed E-state index contributed by atoms with van der Waals surface area (Å²) in [7, 11) is 2.17. The van der Waals surface area contributed by atoms with Gasteiger partial charge in [-0.15, -0.1) is 0 Å². The van der Waals surface area contributed by atoms with Crippen molar-refractivity contribution in [1.29, 1.82) is 0 Å². The van der Waals surface area contributed by atoms with Gasteiger partial charge in [-0.1, -0.05) is 12.1 Å². The van der Waals surface area contributed by atoms with Gasteiger partial charge in [0.25, 0.3) is 0 Å². The van der Waals surface area contributed by atoms with Gasteiger partial charge >= 0.3 is 0 Å². The highest BCUT2D eigenvalue weighted by atomic mass is 15.2. The Morgan fingerprint density at radius 2 is 1.87 bits per heavy atom. The average molecular weight is 402 g/mol. The largest absolute Gasteiger partial charge is 0.351 e. The van der Waals surface area contributed by atoms with Crippen molar-refractivity contribution >= 4 is 22.6 Å². The fourth-order valence-electron chi connectivity index (χ4n) is 4.22. The van der Waals surface area contributed by atoms with E-state index in [1.54, 1.807) is 12.4 Å². The molecule has 0 aliphatic carbocycles. The van der Waals surface area contributed by atoms with Gasteiger partial charge in [-0.2, -0.15) is 0 Å². The molecule has 4 heterocycles. The standard InChI is InChI=1S/C23H27N7/c1-15-11-18(16-3-4-20-21(12-16)25-8-7-24-20)19-13-27-23(29-22(19)14-26-15)28-17-5-9-30(2)10-6-17/h3-4,7-8,11-13,15,17,26H,5-6,9-10,14H2,1-2H3,(H,27,28,29)/t15-/m1/s1. The first kappa shape index (κ1) is 19.1. The molecule has 1 atom stereocenters. The van der Waals surface area contributed by atoms with Crippen molar-refractivity contribution < 1.29 is 0 Å². The van der Waals surface area contributed by atoms with E-state index in [2.05, 4.69) is 62.7 Å². The highest BCUT2D eigenvalue weighted by molar-refractivity contribution is 5.86. The molecular weight excluding hydrogens is 374 g/mol. The molecule has 0 bridgehead atoms. The van der Waals surface area contributed by atoms with Crippen molar-refractivity contribution in [3.63, 3.8) is 0 Å². The van der Waals surface area contributed by atoms with Crippen LogP contribution in [0.25, 0.3) is 16.6 Å². The lowest BCUT2D eigenvalue weighted by Crippen LogP contribution is -2.37. The van der Waals surface area contributed by atoms with Crippen LogP contribution in [0.2, 0.25) is 0 Å². The molecule has 7 nitrogen and oxygen atoms in total. The molecule has 5 rings (SSSR count). The predicted octanol–water partition coefficient (Wildman–Crippen LogP) is 2.85. The lowest BCUT2D eigenvalue weighted by atomic mass is 9.96. The summed E-state index contributed by atoms with van der Waals surface area (Å²) in [4.78, 5) is 20.8. The number of benzene rings is 1. The van der Waals surface area contributed by atoms with Gasteiger partial charge in [-0.05, 0) is 63.2 Å². The van der Waals surface area contributed by atoms with Crippen LogP contribution in [0, 0.1) is 0 Å². The van der Waals surface area contributed by atoms with E-state index in [-0.39, 0.29) is 6.04 Å². The van der Waals surface area contributed by atoms with Crippen molar-refractivity contribution in [3.8, 4) is 0 Å². The Balaban J connectivity index is 1.47. The Morgan fingerprint density at radius 1 is 1.07 bits per heavy atom. The van der Waals surface area contributed by atoms with Gasteiger partial charge in [0, 0.05) is 42.8 Å². The first-order chi connectivity index (χ1) is 14.7. The molecule has 0 saturated carbocycles. The van der Waals surface area contributed by atoms with Crippen molar-refractivity contribution in [3.05, 3.63) is 59.7 Å². The number of hydrogen-bond donors (Lipinski definition) is 2. The summed E-state index contributed by atoms with van der Waals surface area (Å²) in [6.45, 7) is 5.10. The lowest BCUT2D eigenvalue weighted by molar-refractivity contribution is 0.263. The molecule has 0 amide bonds. The third kappa shape index (κ3) is 3.91. The highest BCUT2D eigenvalue weighted by Crippen LogP contribution is 2.30. The van der Waals surface area contributed by atoms with E-state index in [1.807, 2.05) is 12.3 Å². The van der Waals surface area contributed by atoms with Crippen LogP contribution < -0.4 is 10.6 Å². The number of aromatic nitrogens is 4. The molecule has 2 aromatic heterocycles. The maximum absolute atomic E-state index is 4.89. The molecular formula is C23H27N7. The Labute approximate surface area is 176 Å². The van der Waals surface area contributed by atoms with Gasteiger partial charge in [-0.25, -0.2) is 9.97 Å².